The highest BCUT2D eigenvalue weighted by Gasteiger charge is 2.42. The second-order valence-electron chi connectivity index (χ2n) is 9.39. The number of furan rings is 1. The predicted molar refractivity (Wildman–Crippen MR) is 129 cm³/mol. The van der Waals surface area contributed by atoms with E-state index in [0.717, 1.165) is 55.1 Å². The maximum atomic E-state index is 13.3. The molecular weight excluding hydrogens is 436 g/mol. The summed E-state index contributed by atoms with van der Waals surface area (Å²) < 4.78 is 5.75. The summed E-state index contributed by atoms with van der Waals surface area (Å²) in [6.07, 6.45) is 5.65. The summed E-state index contributed by atoms with van der Waals surface area (Å²) in [4.78, 5) is 28.1. The minimum Gasteiger partial charge on any atom is -0.451 e. The molecule has 2 aromatic carbocycles. The molecule has 0 unspecified atom stereocenters. The molecule has 1 N–H and O–H groups in total. The fraction of sp³-hybridized carbons (Fsp3) is 0.407. The second kappa shape index (κ2) is 9.22. The third-order valence-corrected chi connectivity index (χ3v) is 7.63. The van der Waals surface area contributed by atoms with E-state index in [1.807, 2.05) is 59.5 Å². The molecule has 1 saturated carbocycles. The van der Waals surface area contributed by atoms with Gasteiger partial charge in [0.1, 0.15) is 5.58 Å². The normalized spacial score (nSPS) is 18.5. The summed E-state index contributed by atoms with van der Waals surface area (Å²) in [6, 6.07) is 17.2. The quantitative estimate of drug-likeness (QED) is 0.537. The number of para-hydroxylation sites is 1. The average Bonchev–Trinajstić information content (AvgIpc) is 3.51. The number of amides is 2. The van der Waals surface area contributed by atoms with Gasteiger partial charge in [-0.2, -0.15) is 0 Å². The molecule has 3 aromatic rings. The minimum atomic E-state index is -0.442. The summed E-state index contributed by atoms with van der Waals surface area (Å²) >= 11 is 6.07. The summed E-state index contributed by atoms with van der Waals surface area (Å²) in [6.45, 7) is 2.01. The Hall–Kier alpha value is -2.79. The minimum absolute atomic E-state index is 0.0543. The fourth-order valence-corrected chi connectivity index (χ4v) is 5.51. The zero-order valence-corrected chi connectivity index (χ0v) is 19.4. The molecule has 0 bridgehead atoms. The fourth-order valence-electron chi connectivity index (χ4n) is 5.38. The van der Waals surface area contributed by atoms with Crippen molar-refractivity contribution in [1.29, 1.82) is 0 Å². The van der Waals surface area contributed by atoms with Gasteiger partial charge in [0.25, 0.3) is 5.91 Å². The first-order chi connectivity index (χ1) is 16.0. The first-order valence-electron chi connectivity index (χ1n) is 11.9. The Balaban J connectivity index is 1.17. The van der Waals surface area contributed by atoms with Gasteiger partial charge >= 0.3 is 0 Å². The molecule has 2 fully saturated rings. The molecule has 2 aliphatic rings. The number of fused-ring (bicyclic) bond motifs is 1. The van der Waals surface area contributed by atoms with E-state index in [-0.39, 0.29) is 11.8 Å². The van der Waals surface area contributed by atoms with Crippen LogP contribution in [-0.2, 0) is 10.2 Å². The molecule has 5 rings (SSSR count). The topological polar surface area (TPSA) is 62.6 Å². The van der Waals surface area contributed by atoms with E-state index >= 15 is 0 Å². The predicted octanol–water partition coefficient (Wildman–Crippen LogP) is 5.57. The van der Waals surface area contributed by atoms with E-state index in [2.05, 4.69) is 5.32 Å². The number of carbonyl (C=O) groups excluding carboxylic acids is 2. The van der Waals surface area contributed by atoms with Crippen LogP contribution >= 0.6 is 11.6 Å². The van der Waals surface area contributed by atoms with Crippen LogP contribution < -0.4 is 5.32 Å². The number of halogens is 1. The van der Waals surface area contributed by atoms with Crippen molar-refractivity contribution in [3.8, 4) is 0 Å². The molecule has 1 aliphatic heterocycles. The highest BCUT2D eigenvalue weighted by atomic mass is 35.5. The molecule has 2 heterocycles. The van der Waals surface area contributed by atoms with Crippen LogP contribution in [-0.4, -0.2) is 36.3 Å². The standard InChI is InChI=1S/C27H29ClN2O3/c28-22-9-7-21(8-10-22)27(13-3-4-14-27)26(32)29-18-19-11-15-30(16-12-19)25(31)24-17-20-5-1-2-6-23(20)33-24/h1-2,5-10,17,19H,3-4,11-16,18H2,(H,29,32). The van der Waals surface area contributed by atoms with Crippen molar-refractivity contribution >= 4 is 34.4 Å². The van der Waals surface area contributed by atoms with Crippen LogP contribution in [0.5, 0.6) is 0 Å². The maximum Gasteiger partial charge on any atom is 0.289 e. The van der Waals surface area contributed by atoms with Gasteiger partial charge < -0.3 is 14.6 Å². The molecular formula is C27H29ClN2O3. The Labute approximate surface area is 199 Å². The van der Waals surface area contributed by atoms with Crippen LogP contribution in [0.4, 0.5) is 0 Å². The molecule has 0 spiro atoms. The van der Waals surface area contributed by atoms with E-state index in [4.69, 9.17) is 16.0 Å². The van der Waals surface area contributed by atoms with E-state index in [1.165, 1.54) is 0 Å². The first kappa shape index (κ1) is 22.0. The Morgan fingerprint density at radius 3 is 2.42 bits per heavy atom. The lowest BCUT2D eigenvalue weighted by atomic mass is 9.78. The SMILES string of the molecule is O=C(c1cc2ccccc2o1)N1CCC(CNC(=O)C2(c3ccc(Cl)cc3)CCCC2)CC1. The molecule has 1 saturated heterocycles. The average molecular weight is 465 g/mol. The number of hydrogen-bond donors (Lipinski definition) is 1. The Morgan fingerprint density at radius 1 is 1.03 bits per heavy atom. The first-order valence-corrected chi connectivity index (χ1v) is 12.3. The van der Waals surface area contributed by atoms with E-state index in [0.29, 0.717) is 36.3 Å². The van der Waals surface area contributed by atoms with Gasteiger partial charge in [0.2, 0.25) is 5.91 Å². The molecule has 1 aromatic heterocycles. The summed E-state index contributed by atoms with van der Waals surface area (Å²) in [7, 11) is 0. The van der Waals surface area contributed by atoms with Gasteiger partial charge in [-0.15, -0.1) is 0 Å². The number of rotatable bonds is 5. The van der Waals surface area contributed by atoms with Crippen LogP contribution in [0.3, 0.4) is 0 Å². The van der Waals surface area contributed by atoms with Crippen LogP contribution in [0.25, 0.3) is 11.0 Å². The monoisotopic (exact) mass is 464 g/mol. The van der Waals surface area contributed by atoms with Gasteiger partial charge in [-0.1, -0.05) is 54.8 Å². The number of hydrogen-bond acceptors (Lipinski definition) is 3. The van der Waals surface area contributed by atoms with Crippen LogP contribution in [0.15, 0.2) is 59.0 Å². The Morgan fingerprint density at radius 2 is 1.73 bits per heavy atom. The summed E-state index contributed by atoms with van der Waals surface area (Å²) in [5.41, 5.74) is 1.36. The van der Waals surface area contributed by atoms with Crippen LogP contribution in [0.2, 0.25) is 5.02 Å². The molecule has 0 radical (unpaired) electrons. The zero-order valence-electron chi connectivity index (χ0n) is 18.7. The Bertz CT molecular complexity index is 1110. The van der Waals surface area contributed by atoms with Gasteiger partial charge in [0.05, 0.1) is 5.41 Å². The number of likely N-dealkylation sites (tertiary alicyclic amines) is 1. The smallest absolute Gasteiger partial charge is 0.289 e. The number of benzene rings is 2. The van der Waals surface area contributed by atoms with Crippen molar-refractivity contribution < 1.29 is 14.0 Å². The van der Waals surface area contributed by atoms with Crippen molar-refractivity contribution in [2.24, 2.45) is 5.92 Å². The Kier molecular flexibility index (Phi) is 6.15. The van der Waals surface area contributed by atoms with Gasteiger partial charge in [0, 0.05) is 30.0 Å². The second-order valence-corrected chi connectivity index (χ2v) is 9.83. The third-order valence-electron chi connectivity index (χ3n) is 7.38. The zero-order chi connectivity index (χ0) is 22.8. The van der Waals surface area contributed by atoms with E-state index in [1.54, 1.807) is 0 Å². The van der Waals surface area contributed by atoms with Crippen molar-refractivity contribution in [2.45, 2.75) is 43.9 Å². The summed E-state index contributed by atoms with van der Waals surface area (Å²) in [5.74, 6) is 0.843. The largest absolute Gasteiger partial charge is 0.451 e. The van der Waals surface area contributed by atoms with Crippen molar-refractivity contribution in [1.82, 2.24) is 10.2 Å². The highest BCUT2D eigenvalue weighted by Crippen LogP contribution is 2.41. The highest BCUT2D eigenvalue weighted by molar-refractivity contribution is 6.30. The van der Waals surface area contributed by atoms with E-state index in [9.17, 15) is 9.59 Å². The summed E-state index contributed by atoms with van der Waals surface area (Å²) in [5, 5.41) is 4.88. The number of piperidine rings is 1. The molecule has 2 amide bonds. The van der Waals surface area contributed by atoms with Crippen LogP contribution in [0.1, 0.15) is 54.6 Å². The van der Waals surface area contributed by atoms with Crippen LogP contribution in [0, 0.1) is 5.92 Å². The lowest BCUT2D eigenvalue weighted by Gasteiger charge is -2.33. The van der Waals surface area contributed by atoms with Crippen molar-refractivity contribution in [3.63, 3.8) is 0 Å². The van der Waals surface area contributed by atoms with E-state index < -0.39 is 5.41 Å². The molecule has 1 aliphatic carbocycles. The molecule has 172 valence electrons. The lowest BCUT2D eigenvalue weighted by molar-refractivity contribution is -0.126. The maximum absolute atomic E-state index is 13.3. The molecule has 33 heavy (non-hydrogen) atoms. The molecule has 0 atom stereocenters. The van der Waals surface area contributed by atoms with Gasteiger partial charge in [-0.05, 0) is 61.4 Å². The van der Waals surface area contributed by atoms with Gasteiger partial charge in [-0.25, -0.2) is 0 Å². The van der Waals surface area contributed by atoms with Crippen molar-refractivity contribution in [3.05, 3.63) is 70.9 Å². The number of nitrogens with one attached hydrogen (secondary N) is 1. The van der Waals surface area contributed by atoms with Crippen molar-refractivity contribution in [2.75, 3.05) is 19.6 Å². The van der Waals surface area contributed by atoms with Gasteiger partial charge in [-0.3, -0.25) is 9.59 Å². The number of carbonyl (C=O) groups is 2. The number of nitrogens with zero attached hydrogens (tertiary/aromatic N) is 1. The molecule has 6 heteroatoms. The third kappa shape index (κ3) is 4.39. The molecule has 5 nitrogen and oxygen atoms in total. The lowest BCUT2D eigenvalue weighted by Crippen LogP contribution is -2.46. The van der Waals surface area contributed by atoms with Gasteiger partial charge in [0.15, 0.2) is 5.76 Å².